The average Bonchev–Trinajstić information content (AvgIpc) is 3.19. The molecule has 0 fully saturated rings. The van der Waals surface area contributed by atoms with Gasteiger partial charge in [-0.15, -0.1) is 11.3 Å². The van der Waals surface area contributed by atoms with E-state index in [2.05, 4.69) is 15.6 Å². The van der Waals surface area contributed by atoms with E-state index in [1.807, 2.05) is 66.0 Å². The minimum absolute atomic E-state index is 0.240. The molecular weight excluding hydrogens is 390 g/mol. The second-order valence-electron chi connectivity index (χ2n) is 6.01. The van der Waals surface area contributed by atoms with Crippen molar-refractivity contribution in [1.29, 1.82) is 0 Å². The number of halogens is 1. The summed E-state index contributed by atoms with van der Waals surface area (Å²) in [6.45, 7) is 0. The number of hydrogen-bond donors (Lipinski definition) is 2. The molecule has 6 heteroatoms. The molecule has 0 aliphatic heterocycles. The van der Waals surface area contributed by atoms with Gasteiger partial charge in [-0.25, -0.2) is 4.98 Å². The van der Waals surface area contributed by atoms with E-state index in [1.54, 1.807) is 18.2 Å². The zero-order chi connectivity index (χ0) is 19.3. The number of nitrogens with one attached hydrogen (secondary N) is 2. The number of thiazole rings is 1. The first-order valence-electron chi connectivity index (χ1n) is 8.63. The van der Waals surface area contributed by atoms with Crippen LogP contribution in [-0.4, -0.2) is 10.9 Å². The zero-order valence-electron chi connectivity index (χ0n) is 14.7. The van der Waals surface area contributed by atoms with E-state index >= 15 is 0 Å². The number of aromatic nitrogens is 1. The molecule has 0 radical (unpaired) electrons. The highest BCUT2D eigenvalue weighted by molar-refractivity contribution is 7.14. The quantitative estimate of drug-likeness (QED) is 0.400. The number of benzene rings is 3. The number of carbonyl (C=O) groups excluding carboxylic acids is 1. The number of anilines is 3. The molecular formula is C22H16ClN3OS. The molecule has 4 aromatic rings. The molecule has 0 bridgehead atoms. The zero-order valence-corrected chi connectivity index (χ0v) is 16.3. The lowest BCUT2D eigenvalue weighted by Gasteiger charge is -2.11. The molecule has 0 saturated heterocycles. The Labute approximate surface area is 171 Å². The first-order chi connectivity index (χ1) is 13.7. The molecule has 0 spiro atoms. The standard InChI is InChI=1S/C22H16ClN3OS/c23-17-11-5-7-13-19(17)24-21(27)16-10-4-6-12-18(16)25-22-26-20(14-28-22)15-8-2-1-3-9-15/h1-14H,(H,24,27)(H,25,26). The maximum Gasteiger partial charge on any atom is 0.257 e. The molecule has 28 heavy (non-hydrogen) atoms. The Balaban J connectivity index is 1.56. The van der Waals surface area contributed by atoms with Crippen LogP contribution in [0.1, 0.15) is 10.4 Å². The van der Waals surface area contributed by atoms with Gasteiger partial charge in [-0.3, -0.25) is 4.79 Å². The van der Waals surface area contributed by atoms with Gasteiger partial charge < -0.3 is 10.6 Å². The van der Waals surface area contributed by atoms with E-state index < -0.39 is 0 Å². The third-order valence-electron chi connectivity index (χ3n) is 4.11. The van der Waals surface area contributed by atoms with Gasteiger partial charge in [0, 0.05) is 10.9 Å². The summed E-state index contributed by atoms with van der Waals surface area (Å²) in [7, 11) is 0. The maximum absolute atomic E-state index is 12.8. The van der Waals surface area contributed by atoms with Crippen LogP contribution in [0.15, 0.2) is 84.2 Å². The van der Waals surface area contributed by atoms with E-state index in [4.69, 9.17) is 11.6 Å². The van der Waals surface area contributed by atoms with Crippen LogP contribution >= 0.6 is 22.9 Å². The van der Waals surface area contributed by atoms with Gasteiger partial charge in [0.25, 0.3) is 5.91 Å². The van der Waals surface area contributed by atoms with Gasteiger partial charge in [-0.05, 0) is 24.3 Å². The van der Waals surface area contributed by atoms with Crippen molar-refractivity contribution in [2.24, 2.45) is 0 Å². The molecule has 1 aromatic heterocycles. The number of carbonyl (C=O) groups is 1. The molecule has 4 nitrogen and oxygen atoms in total. The fourth-order valence-electron chi connectivity index (χ4n) is 2.73. The fourth-order valence-corrected chi connectivity index (χ4v) is 3.65. The van der Waals surface area contributed by atoms with Crippen molar-refractivity contribution >= 4 is 45.4 Å². The molecule has 1 amide bonds. The van der Waals surface area contributed by atoms with Crippen LogP contribution in [0.5, 0.6) is 0 Å². The maximum atomic E-state index is 12.8. The first-order valence-corrected chi connectivity index (χ1v) is 9.89. The lowest BCUT2D eigenvalue weighted by molar-refractivity contribution is 0.102. The Kier molecular flexibility index (Phi) is 5.37. The highest BCUT2D eigenvalue weighted by atomic mass is 35.5. The van der Waals surface area contributed by atoms with Crippen LogP contribution in [0.25, 0.3) is 11.3 Å². The first kappa shape index (κ1) is 18.2. The van der Waals surface area contributed by atoms with Crippen LogP contribution in [-0.2, 0) is 0 Å². The Morgan fingerprint density at radius 2 is 1.54 bits per heavy atom. The molecule has 138 valence electrons. The number of hydrogen-bond acceptors (Lipinski definition) is 4. The largest absolute Gasteiger partial charge is 0.331 e. The topological polar surface area (TPSA) is 54.0 Å². The Morgan fingerprint density at radius 1 is 0.857 bits per heavy atom. The number of nitrogens with zero attached hydrogens (tertiary/aromatic N) is 1. The third kappa shape index (κ3) is 4.06. The van der Waals surface area contributed by atoms with Crippen LogP contribution in [0.3, 0.4) is 0 Å². The van der Waals surface area contributed by atoms with Crippen molar-refractivity contribution in [2.45, 2.75) is 0 Å². The number of rotatable bonds is 5. The van der Waals surface area contributed by atoms with Crippen LogP contribution < -0.4 is 10.6 Å². The van der Waals surface area contributed by atoms with Crippen molar-refractivity contribution in [3.8, 4) is 11.3 Å². The van der Waals surface area contributed by atoms with E-state index in [1.165, 1.54) is 11.3 Å². The van der Waals surface area contributed by atoms with Gasteiger partial charge in [0.05, 0.1) is 27.7 Å². The molecule has 0 aliphatic carbocycles. The predicted molar refractivity (Wildman–Crippen MR) is 117 cm³/mol. The molecule has 1 heterocycles. The van der Waals surface area contributed by atoms with Gasteiger partial charge in [0.2, 0.25) is 0 Å². The van der Waals surface area contributed by atoms with Crippen molar-refractivity contribution in [3.63, 3.8) is 0 Å². The van der Waals surface area contributed by atoms with Crippen molar-refractivity contribution in [3.05, 3.63) is 94.8 Å². The second-order valence-corrected chi connectivity index (χ2v) is 7.27. The predicted octanol–water partition coefficient (Wildman–Crippen LogP) is 6.46. The van der Waals surface area contributed by atoms with E-state index in [9.17, 15) is 4.79 Å². The van der Waals surface area contributed by atoms with Crippen LogP contribution in [0.4, 0.5) is 16.5 Å². The summed E-state index contributed by atoms with van der Waals surface area (Å²) in [4.78, 5) is 17.4. The van der Waals surface area contributed by atoms with Crippen molar-refractivity contribution in [2.75, 3.05) is 10.6 Å². The summed E-state index contributed by atoms with van der Waals surface area (Å²) in [6, 6.07) is 24.4. The molecule has 0 aliphatic rings. The highest BCUT2D eigenvalue weighted by Crippen LogP contribution is 2.29. The van der Waals surface area contributed by atoms with Gasteiger partial charge in [-0.1, -0.05) is 66.2 Å². The van der Waals surface area contributed by atoms with Gasteiger partial charge in [0.15, 0.2) is 5.13 Å². The molecule has 0 atom stereocenters. The lowest BCUT2D eigenvalue weighted by atomic mass is 10.1. The van der Waals surface area contributed by atoms with Gasteiger partial charge in [-0.2, -0.15) is 0 Å². The Morgan fingerprint density at radius 3 is 2.32 bits per heavy atom. The summed E-state index contributed by atoms with van der Waals surface area (Å²) >= 11 is 7.64. The number of para-hydroxylation sites is 2. The van der Waals surface area contributed by atoms with Crippen molar-refractivity contribution < 1.29 is 4.79 Å². The third-order valence-corrected chi connectivity index (χ3v) is 5.20. The molecule has 0 unspecified atom stereocenters. The summed E-state index contributed by atoms with van der Waals surface area (Å²) in [6.07, 6.45) is 0. The number of amides is 1. The Bertz CT molecular complexity index is 1110. The SMILES string of the molecule is O=C(Nc1ccccc1Cl)c1ccccc1Nc1nc(-c2ccccc2)cs1. The molecule has 3 aromatic carbocycles. The van der Waals surface area contributed by atoms with E-state index in [0.29, 0.717) is 22.0 Å². The summed E-state index contributed by atoms with van der Waals surface area (Å²) < 4.78 is 0. The summed E-state index contributed by atoms with van der Waals surface area (Å²) in [5.41, 5.74) is 3.71. The van der Waals surface area contributed by atoms with Gasteiger partial charge in [0.1, 0.15) is 0 Å². The average molecular weight is 406 g/mol. The minimum Gasteiger partial charge on any atom is -0.331 e. The monoisotopic (exact) mass is 405 g/mol. The summed E-state index contributed by atoms with van der Waals surface area (Å²) in [5.74, 6) is -0.240. The van der Waals surface area contributed by atoms with Gasteiger partial charge >= 0.3 is 0 Å². The summed E-state index contributed by atoms with van der Waals surface area (Å²) in [5, 5.41) is 9.32. The highest BCUT2D eigenvalue weighted by Gasteiger charge is 2.14. The minimum atomic E-state index is -0.240. The normalized spacial score (nSPS) is 10.5. The van der Waals surface area contributed by atoms with E-state index in [0.717, 1.165) is 16.4 Å². The second kappa shape index (κ2) is 8.25. The van der Waals surface area contributed by atoms with Crippen LogP contribution in [0, 0.1) is 0 Å². The molecule has 0 saturated carbocycles. The smallest absolute Gasteiger partial charge is 0.257 e. The molecule has 4 rings (SSSR count). The lowest BCUT2D eigenvalue weighted by Crippen LogP contribution is -2.14. The fraction of sp³-hybridized carbons (Fsp3) is 0. The van der Waals surface area contributed by atoms with E-state index in [-0.39, 0.29) is 5.91 Å². The Hall–Kier alpha value is -3.15. The van der Waals surface area contributed by atoms with Crippen molar-refractivity contribution in [1.82, 2.24) is 4.98 Å². The molecule has 2 N–H and O–H groups in total. The van der Waals surface area contributed by atoms with Crippen LogP contribution in [0.2, 0.25) is 5.02 Å².